The van der Waals surface area contributed by atoms with E-state index in [2.05, 4.69) is 4.98 Å². The molecule has 0 spiro atoms. The summed E-state index contributed by atoms with van der Waals surface area (Å²) in [4.78, 5) is 3.78. The average Bonchev–Trinajstić information content (AvgIpc) is 2.85. The second-order valence-corrected chi connectivity index (χ2v) is 3.77. The van der Waals surface area contributed by atoms with Gasteiger partial charge >= 0.3 is 6.55 Å². The molecule has 0 bridgehead atoms. The number of hydrogen-bond donors (Lipinski definition) is 1. The molecular formula is C12H12F3N3O. The summed E-state index contributed by atoms with van der Waals surface area (Å²) >= 11 is 0. The minimum absolute atomic E-state index is 0.0855. The normalized spacial score (nSPS) is 11.0. The van der Waals surface area contributed by atoms with E-state index in [1.54, 1.807) is 0 Å². The standard InChI is InChI=1S/C12H12F3N3O/c13-9-1-2-10(8(5-9)6-16)19-7-11-17-3-4-18(11)12(14)15/h1-5,12H,6-7,16H2. The SMILES string of the molecule is NCc1cc(F)ccc1OCc1nccn1C(F)F. The van der Waals surface area contributed by atoms with Crippen molar-refractivity contribution in [2.75, 3.05) is 0 Å². The van der Waals surface area contributed by atoms with E-state index in [-0.39, 0.29) is 19.0 Å². The minimum Gasteiger partial charge on any atom is -0.485 e. The third-order valence-electron chi connectivity index (χ3n) is 2.56. The van der Waals surface area contributed by atoms with Crippen molar-refractivity contribution < 1.29 is 17.9 Å². The molecule has 0 radical (unpaired) electrons. The molecule has 0 saturated heterocycles. The average molecular weight is 271 g/mol. The van der Waals surface area contributed by atoms with E-state index in [9.17, 15) is 13.2 Å². The van der Waals surface area contributed by atoms with Gasteiger partial charge in [-0.25, -0.2) is 9.37 Å². The van der Waals surface area contributed by atoms with Gasteiger partial charge in [0.05, 0.1) is 0 Å². The Morgan fingerprint density at radius 3 is 2.84 bits per heavy atom. The first-order chi connectivity index (χ1) is 9.11. The van der Waals surface area contributed by atoms with E-state index >= 15 is 0 Å². The summed E-state index contributed by atoms with van der Waals surface area (Å²) in [7, 11) is 0. The third kappa shape index (κ3) is 3.05. The van der Waals surface area contributed by atoms with Crippen LogP contribution < -0.4 is 10.5 Å². The lowest BCUT2D eigenvalue weighted by atomic mass is 10.2. The van der Waals surface area contributed by atoms with Crippen LogP contribution in [-0.2, 0) is 13.2 Å². The van der Waals surface area contributed by atoms with Crippen molar-refractivity contribution >= 4 is 0 Å². The fourth-order valence-electron chi connectivity index (χ4n) is 1.62. The number of halogens is 3. The Morgan fingerprint density at radius 1 is 1.37 bits per heavy atom. The summed E-state index contributed by atoms with van der Waals surface area (Å²) in [5.41, 5.74) is 5.93. The summed E-state index contributed by atoms with van der Waals surface area (Å²) in [6.45, 7) is -2.73. The molecule has 2 N–H and O–H groups in total. The molecule has 1 aromatic carbocycles. The molecule has 1 heterocycles. The van der Waals surface area contributed by atoms with E-state index in [0.717, 1.165) is 6.20 Å². The van der Waals surface area contributed by atoms with Gasteiger partial charge in [0.1, 0.15) is 18.2 Å². The van der Waals surface area contributed by atoms with Gasteiger partial charge in [0.15, 0.2) is 5.82 Å². The number of rotatable bonds is 5. The maximum absolute atomic E-state index is 13.0. The van der Waals surface area contributed by atoms with E-state index in [4.69, 9.17) is 10.5 Å². The number of benzene rings is 1. The van der Waals surface area contributed by atoms with E-state index in [1.165, 1.54) is 24.4 Å². The van der Waals surface area contributed by atoms with E-state index < -0.39 is 12.4 Å². The molecule has 0 amide bonds. The molecule has 0 aliphatic rings. The van der Waals surface area contributed by atoms with Crippen LogP contribution >= 0.6 is 0 Å². The number of nitrogens with zero attached hydrogens (tertiary/aromatic N) is 2. The maximum atomic E-state index is 13.0. The van der Waals surface area contributed by atoms with Crippen molar-refractivity contribution in [2.24, 2.45) is 5.73 Å². The molecule has 0 unspecified atom stereocenters. The van der Waals surface area contributed by atoms with Gasteiger partial charge in [0, 0.05) is 24.5 Å². The quantitative estimate of drug-likeness (QED) is 0.908. The monoisotopic (exact) mass is 271 g/mol. The van der Waals surface area contributed by atoms with E-state index in [1.807, 2.05) is 0 Å². The highest BCUT2D eigenvalue weighted by atomic mass is 19.3. The van der Waals surface area contributed by atoms with E-state index in [0.29, 0.717) is 15.9 Å². The van der Waals surface area contributed by atoms with Crippen molar-refractivity contribution in [1.29, 1.82) is 0 Å². The molecule has 0 fully saturated rings. The van der Waals surface area contributed by atoms with Gasteiger partial charge in [-0.15, -0.1) is 0 Å². The number of aromatic nitrogens is 2. The number of imidazole rings is 1. The lowest BCUT2D eigenvalue weighted by molar-refractivity contribution is 0.0632. The van der Waals surface area contributed by atoms with Crippen molar-refractivity contribution in [3.8, 4) is 5.75 Å². The third-order valence-corrected chi connectivity index (χ3v) is 2.56. The van der Waals surface area contributed by atoms with Gasteiger partial charge in [0.25, 0.3) is 0 Å². The number of ether oxygens (including phenoxy) is 1. The van der Waals surface area contributed by atoms with Gasteiger partial charge in [-0.1, -0.05) is 0 Å². The molecule has 0 aliphatic heterocycles. The maximum Gasteiger partial charge on any atom is 0.320 e. The fraction of sp³-hybridized carbons (Fsp3) is 0.250. The summed E-state index contributed by atoms with van der Waals surface area (Å²) in [6, 6.07) is 3.87. The van der Waals surface area contributed by atoms with Gasteiger partial charge in [-0.3, -0.25) is 4.57 Å². The number of hydrogen-bond acceptors (Lipinski definition) is 3. The first-order valence-electron chi connectivity index (χ1n) is 5.53. The van der Waals surface area contributed by atoms with Gasteiger partial charge < -0.3 is 10.5 Å². The highest BCUT2D eigenvalue weighted by Crippen LogP contribution is 2.21. The fourth-order valence-corrected chi connectivity index (χ4v) is 1.62. The Morgan fingerprint density at radius 2 is 2.16 bits per heavy atom. The molecule has 4 nitrogen and oxygen atoms in total. The van der Waals surface area contributed by atoms with Crippen molar-refractivity contribution in [2.45, 2.75) is 19.7 Å². The molecule has 0 atom stereocenters. The molecular weight excluding hydrogens is 259 g/mol. The predicted molar refractivity (Wildman–Crippen MR) is 62.1 cm³/mol. The second kappa shape index (κ2) is 5.75. The predicted octanol–water partition coefficient (Wildman–Crippen LogP) is 2.46. The van der Waals surface area contributed by atoms with Gasteiger partial charge in [-0.2, -0.15) is 8.78 Å². The summed E-state index contributed by atoms with van der Waals surface area (Å²) < 4.78 is 44.2. The Balaban J connectivity index is 2.12. The first kappa shape index (κ1) is 13.4. The molecule has 102 valence electrons. The van der Waals surface area contributed by atoms with Crippen LogP contribution in [0.25, 0.3) is 0 Å². The van der Waals surface area contributed by atoms with Crippen LogP contribution in [0.3, 0.4) is 0 Å². The Hall–Kier alpha value is -2.02. The molecule has 7 heteroatoms. The van der Waals surface area contributed by atoms with Crippen LogP contribution in [0.4, 0.5) is 13.2 Å². The zero-order valence-electron chi connectivity index (χ0n) is 9.89. The zero-order valence-corrected chi connectivity index (χ0v) is 9.89. The summed E-state index contributed by atoms with van der Waals surface area (Å²) in [6.07, 6.45) is 2.43. The highest BCUT2D eigenvalue weighted by molar-refractivity contribution is 5.33. The molecule has 19 heavy (non-hydrogen) atoms. The Kier molecular flexibility index (Phi) is 4.06. The van der Waals surface area contributed by atoms with Crippen LogP contribution in [0.2, 0.25) is 0 Å². The molecule has 0 saturated carbocycles. The number of nitrogens with two attached hydrogens (primary N) is 1. The molecule has 2 rings (SSSR count). The van der Waals surface area contributed by atoms with Gasteiger partial charge in [-0.05, 0) is 18.2 Å². The van der Waals surface area contributed by atoms with Crippen LogP contribution in [0, 0.1) is 5.82 Å². The lowest BCUT2D eigenvalue weighted by Crippen LogP contribution is -2.09. The van der Waals surface area contributed by atoms with Crippen molar-refractivity contribution in [1.82, 2.24) is 9.55 Å². The van der Waals surface area contributed by atoms with Crippen molar-refractivity contribution in [3.63, 3.8) is 0 Å². The summed E-state index contributed by atoms with van der Waals surface area (Å²) in [5, 5.41) is 0. The summed E-state index contributed by atoms with van der Waals surface area (Å²) in [5.74, 6) is 0.0110. The lowest BCUT2D eigenvalue weighted by Gasteiger charge is -2.11. The van der Waals surface area contributed by atoms with Crippen LogP contribution in [0.15, 0.2) is 30.6 Å². The van der Waals surface area contributed by atoms with Crippen LogP contribution in [0.1, 0.15) is 17.9 Å². The van der Waals surface area contributed by atoms with Crippen molar-refractivity contribution in [3.05, 3.63) is 47.8 Å². The zero-order chi connectivity index (χ0) is 13.8. The Labute approximate surface area is 107 Å². The molecule has 1 aromatic heterocycles. The number of alkyl halides is 2. The van der Waals surface area contributed by atoms with Crippen LogP contribution in [-0.4, -0.2) is 9.55 Å². The largest absolute Gasteiger partial charge is 0.485 e. The van der Waals surface area contributed by atoms with Gasteiger partial charge in [0.2, 0.25) is 0 Å². The minimum atomic E-state index is -2.68. The van der Waals surface area contributed by atoms with Crippen LogP contribution in [0.5, 0.6) is 5.75 Å². The molecule has 2 aromatic rings. The Bertz CT molecular complexity index is 557. The molecule has 0 aliphatic carbocycles. The smallest absolute Gasteiger partial charge is 0.320 e. The first-order valence-corrected chi connectivity index (χ1v) is 5.53. The highest BCUT2D eigenvalue weighted by Gasteiger charge is 2.12. The second-order valence-electron chi connectivity index (χ2n) is 3.77. The topological polar surface area (TPSA) is 53.1 Å².